The zero-order valence-electron chi connectivity index (χ0n) is 18.4. The number of nitrogens with zero attached hydrogens (tertiary/aromatic N) is 3. The van der Waals surface area contributed by atoms with E-state index in [0.717, 1.165) is 90.9 Å². The monoisotopic (exact) mass is 530 g/mol. The molecule has 1 N–H and O–H groups in total. The summed E-state index contributed by atoms with van der Waals surface area (Å²) in [7, 11) is 0. The summed E-state index contributed by atoms with van der Waals surface area (Å²) in [5, 5.41) is 3.48. The van der Waals surface area contributed by atoms with E-state index in [1.807, 2.05) is 0 Å². The van der Waals surface area contributed by atoms with Crippen LogP contribution in [0.2, 0.25) is 0 Å². The number of benzene rings is 1. The van der Waals surface area contributed by atoms with Crippen LogP contribution in [0.1, 0.15) is 31.7 Å². The van der Waals surface area contributed by atoms with Gasteiger partial charge in [0, 0.05) is 51.9 Å². The van der Waals surface area contributed by atoms with Crippen LogP contribution in [0.3, 0.4) is 0 Å². The molecule has 0 radical (unpaired) electrons. The van der Waals surface area contributed by atoms with Crippen LogP contribution in [-0.4, -0.2) is 87.5 Å². The van der Waals surface area contributed by atoms with Crippen LogP contribution in [0.5, 0.6) is 0 Å². The Balaban J connectivity index is 0.00000320. The van der Waals surface area contributed by atoms with E-state index >= 15 is 0 Å². The molecule has 6 nitrogen and oxygen atoms in total. The van der Waals surface area contributed by atoms with Crippen molar-refractivity contribution in [3.05, 3.63) is 35.9 Å². The van der Waals surface area contributed by atoms with Gasteiger partial charge < -0.3 is 19.7 Å². The van der Waals surface area contributed by atoms with Gasteiger partial charge in [-0.15, -0.1) is 24.0 Å². The van der Waals surface area contributed by atoms with Crippen LogP contribution in [0.4, 0.5) is 0 Å². The van der Waals surface area contributed by atoms with E-state index in [0.29, 0.717) is 6.04 Å². The van der Waals surface area contributed by atoms with E-state index in [4.69, 9.17) is 14.5 Å². The summed E-state index contributed by atoms with van der Waals surface area (Å²) in [6, 6.07) is 11.2. The Morgan fingerprint density at radius 3 is 2.70 bits per heavy atom. The lowest BCUT2D eigenvalue weighted by Crippen LogP contribution is -2.46. The Morgan fingerprint density at radius 1 is 1.13 bits per heavy atom. The summed E-state index contributed by atoms with van der Waals surface area (Å²) in [5.41, 5.74) is 1.34. The Hall–Kier alpha value is -0.900. The zero-order valence-corrected chi connectivity index (χ0v) is 20.8. The number of guanidine groups is 1. The predicted molar refractivity (Wildman–Crippen MR) is 134 cm³/mol. The molecule has 2 saturated heterocycles. The lowest BCUT2D eigenvalue weighted by Gasteiger charge is -2.32. The van der Waals surface area contributed by atoms with E-state index in [2.05, 4.69) is 52.4 Å². The molecule has 30 heavy (non-hydrogen) atoms. The molecule has 7 heteroatoms. The summed E-state index contributed by atoms with van der Waals surface area (Å²) >= 11 is 0. The molecule has 1 atom stereocenters. The Bertz CT molecular complexity index is 596. The molecule has 2 aliphatic heterocycles. The molecule has 2 heterocycles. The highest BCUT2D eigenvalue weighted by molar-refractivity contribution is 14.0. The van der Waals surface area contributed by atoms with Gasteiger partial charge in [-0.2, -0.15) is 0 Å². The fraction of sp³-hybridized carbons (Fsp3) is 0.696. The van der Waals surface area contributed by atoms with Gasteiger partial charge in [-0.25, -0.2) is 0 Å². The summed E-state index contributed by atoms with van der Waals surface area (Å²) < 4.78 is 11.3. The second kappa shape index (κ2) is 15.0. The number of rotatable bonds is 10. The van der Waals surface area contributed by atoms with Crippen molar-refractivity contribution in [1.82, 2.24) is 15.1 Å². The molecule has 2 fully saturated rings. The lowest BCUT2D eigenvalue weighted by atomic mass is 10.2. The Labute approximate surface area is 199 Å². The molecule has 0 bridgehead atoms. The molecule has 2 aliphatic rings. The SMILES string of the molecule is CCNC(=NCCCCOCCc1ccccc1)N1CCC(N2CCOCC2)C1.I. The second-order valence-electron chi connectivity index (χ2n) is 7.83. The molecule has 3 rings (SSSR count). The number of halogens is 1. The first kappa shape index (κ1) is 25.4. The normalized spacial score (nSPS) is 20.2. The predicted octanol–water partition coefficient (Wildman–Crippen LogP) is 3.02. The van der Waals surface area contributed by atoms with Crippen molar-refractivity contribution in [1.29, 1.82) is 0 Å². The molecule has 0 spiro atoms. The van der Waals surface area contributed by atoms with Gasteiger partial charge in [0.25, 0.3) is 0 Å². The van der Waals surface area contributed by atoms with Crippen molar-refractivity contribution < 1.29 is 9.47 Å². The maximum Gasteiger partial charge on any atom is 0.193 e. The highest BCUT2D eigenvalue weighted by atomic mass is 127. The van der Waals surface area contributed by atoms with Gasteiger partial charge in [0.1, 0.15) is 0 Å². The van der Waals surface area contributed by atoms with Crippen molar-refractivity contribution in [2.24, 2.45) is 4.99 Å². The maximum absolute atomic E-state index is 5.78. The largest absolute Gasteiger partial charge is 0.381 e. The van der Waals surface area contributed by atoms with Gasteiger partial charge in [-0.1, -0.05) is 30.3 Å². The van der Waals surface area contributed by atoms with E-state index in [-0.39, 0.29) is 24.0 Å². The third kappa shape index (κ3) is 8.69. The summed E-state index contributed by atoms with van der Waals surface area (Å²) in [4.78, 5) is 9.89. The molecular formula is C23H39IN4O2. The van der Waals surface area contributed by atoms with Gasteiger partial charge >= 0.3 is 0 Å². The highest BCUT2D eigenvalue weighted by Crippen LogP contribution is 2.17. The number of morpholine rings is 1. The molecule has 0 aromatic heterocycles. The van der Waals surface area contributed by atoms with E-state index in [9.17, 15) is 0 Å². The third-order valence-corrected chi connectivity index (χ3v) is 5.70. The molecule has 1 unspecified atom stereocenters. The minimum Gasteiger partial charge on any atom is -0.381 e. The van der Waals surface area contributed by atoms with E-state index in [1.165, 1.54) is 12.0 Å². The van der Waals surface area contributed by atoms with Crippen LogP contribution in [-0.2, 0) is 15.9 Å². The molecule has 0 amide bonds. The summed E-state index contributed by atoms with van der Waals surface area (Å²) in [6.07, 6.45) is 4.34. The number of likely N-dealkylation sites (tertiary alicyclic amines) is 1. The molecule has 170 valence electrons. The smallest absolute Gasteiger partial charge is 0.193 e. The van der Waals surface area contributed by atoms with Crippen LogP contribution in [0.15, 0.2) is 35.3 Å². The Kier molecular flexibility index (Phi) is 12.7. The van der Waals surface area contributed by atoms with Crippen molar-refractivity contribution in [2.75, 3.05) is 65.7 Å². The van der Waals surface area contributed by atoms with E-state index in [1.54, 1.807) is 0 Å². The van der Waals surface area contributed by atoms with Gasteiger partial charge in [-0.3, -0.25) is 9.89 Å². The minimum absolute atomic E-state index is 0. The minimum atomic E-state index is 0. The lowest BCUT2D eigenvalue weighted by molar-refractivity contribution is 0.0195. The summed E-state index contributed by atoms with van der Waals surface area (Å²) in [5.74, 6) is 1.08. The molecule has 1 aromatic rings. The van der Waals surface area contributed by atoms with Crippen LogP contribution in [0, 0.1) is 0 Å². The van der Waals surface area contributed by atoms with Crippen molar-refractivity contribution in [2.45, 2.75) is 38.6 Å². The van der Waals surface area contributed by atoms with Crippen LogP contribution >= 0.6 is 24.0 Å². The molecular weight excluding hydrogens is 491 g/mol. The van der Waals surface area contributed by atoms with Crippen molar-refractivity contribution in [3.63, 3.8) is 0 Å². The number of hydrogen-bond donors (Lipinski definition) is 1. The molecule has 0 saturated carbocycles. The standard InChI is InChI=1S/C23H38N4O2.HI/c1-2-24-23(27-13-10-22(20-27)26-14-18-29-19-15-26)25-12-6-7-16-28-17-11-21-8-4-3-5-9-21;/h3-5,8-9,22H,2,6-7,10-20H2,1H3,(H,24,25);1H. The van der Waals surface area contributed by atoms with Gasteiger partial charge in [0.15, 0.2) is 5.96 Å². The Morgan fingerprint density at radius 2 is 1.93 bits per heavy atom. The number of unbranched alkanes of at least 4 members (excludes halogenated alkanes) is 1. The van der Waals surface area contributed by atoms with Gasteiger partial charge in [0.2, 0.25) is 0 Å². The number of nitrogens with one attached hydrogen (secondary N) is 1. The topological polar surface area (TPSA) is 49.3 Å². The molecule has 0 aliphatic carbocycles. The number of hydrogen-bond acceptors (Lipinski definition) is 4. The fourth-order valence-corrected chi connectivity index (χ4v) is 4.04. The first-order valence-corrected chi connectivity index (χ1v) is 11.3. The number of ether oxygens (including phenoxy) is 2. The average molecular weight is 530 g/mol. The maximum atomic E-state index is 5.78. The fourth-order valence-electron chi connectivity index (χ4n) is 4.04. The van der Waals surface area contributed by atoms with Crippen LogP contribution in [0.25, 0.3) is 0 Å². The summed E-state index contributed by atoms with van der Waals surface area (Å²) in [6.45, 7) is 11.6. The van der Waals surface area contributed by atoms with Crippen LogP contribution < -0.4 is 5.32 Å². The zero-order chi connectivity index (χ0) is 20.2. The quantitative estimate of drug-likeness (QED) is 0.218. The first-order chi connectivity index (χ1) is 14.4. The van der Waals surface area contributed by atoms with Crippen molar-refractivity contribution >= 4 is 29.9 Å². The first-order valence-electron chi connectivity index (χ1n) is 11.3. The highest BCUT2D eigenvalue weighted by Gasteiger charge is 2.30. The number of aliphatic imine (C=N–C) groups is 1. The van der Waals surface area contributed by atoms with Crippen molar-refractivity contribution in [3.8, 4) is 0 Å². The molecule has 1 aromatic carbocycles. The third-order valence-electron chi connectivity index (χ3n) is 5.70. The van der Waals surface area contributed by atoms with Gasteiger partial charge in [-0.05, 0) is 38.2 Å². The average Bonchev–Trinajstić information content (AvgIpc) is 3.26. The van der Waals surface area contributed by atoms with E-state index < -0.39 is 0 Å². The van der Waals surface area contributed by atoms with Gasteiger partial charge in [0.05, 0.1) is 19.8 Å². The second-order valence-corrected chi connectivity index (χ2v) is 7.83.